The summed E-state index contributed by atoms with van der Waals surface area (Å²) in [5, 5.41) is 7.63. The van der Waals surface area contributed by atoms with Gasteiger partial charge in [-0.05, 0) is 61.2 Å². The molecule has 1 aromatic carbocycles. The molecule has 156 valence electrons. The van der Waals surface area contributed by atoms with Gasteiger partial charge in [-0.15, -0.1) is 0 Å². The lowest BCUT2D eigenvalue weighted by atomic mass is 10.2. The van der Waals surface area contributed by atoms with Crippen LogP contribution >= 0.6 is 11.6 Å². The number of halogens is 1. The van der Waals surface area contributed by atoms with Gasteiger partial charge in [-0.1, -0.05) is 16.8 Å². The van der Waals surface area contributed by atoms with E-state index in [1.54, 1.807) is 12.1 Å². The molecule has 0 aliphatic carbocycles. The van der Waals surface area contributed by atoms with Crippen LogP contribution in [0, 0.1) is 0 Å². The fourth-order valence-corrected chi connectivity index (χ4v) is 3.58. The number of benzene rings is 1. The summed E-state index contributed by atoms with van der Waals surface area (Å²) in [4.78, 5) is 23.3. The van der Waals surface area contributed by atoms with Gasteiger partial charge in [0.1, 0.15) is 5.82 Å². The molecule has 1 amide bonds. The first-order valence-corrected chi connectivity index (χ1v) is 10.6. The van der Waals surface area contributed by atoms with Crippen LogP contribution < -0.4 is 10.2 Å². The standard InChI is InChI=1S/C22H24ClN5O2/c23-18-8-6-17(7-9-18)22-26-21(30-27-22)5-3-4-20(29)25-15-16-10-11-24-19(14-16)28-12-1-2-13-28/h6-11,14H,1-5,12-13,15H2,(H,25,29). The van der Waals surface area contributed by atoms with Gasteiger partial charge in [0.2, 0.25) is 17.6 Å². The SMILES string of the molecule is O=C(CCCc1nc(-c2ccc(Cl)cc2)no1)NCc1ccnc(N2CCCC2)c1. The molecule has 3 aromatic rings. The Morgan fingerprint density at radius 3 is 2.77 bits per heavy atom. The number of carbonyl (C=O) groups excluding carboxylic acids is 1. The first-order valence-electron chi connectivity index (χ1n) is 10.2. The van der Waals surface area contributed by atoms with Gasteiger partial charge in [0.25, 0.3) is 0 Å². The number of hydrogen-bond donors (Lipinski definition) is 1. The number of rotatable bonds is 8. The minimum absolute atomic E-state index is 0.00646. The summed E-state index contributed by atoms with van der Waals surface area (Å²) in [5.74, 6) is 2.05. The number of aromatic nitrogens is 3. The van der Waals surface area contributed by atoms with Gasteiger partial charge in [-0.2, -0.15) is 4.98 Å². The maximum atomic E-state index is 12.2. The minimum Gasteiger partial charge on any atom is -0.357 e. The van der Waals surface area contributed by atoms with E-state index < -0.39 is 0 Å². The third-order valence-electron chi connectivity index (χ3n) is 5.09. The highest BCUT2D eigenvalue weighted by molar-refractivity contribution is 6.30. The Morgan fingerprint density at radius 1 is 1.17 bits per heavy atom. The molecule has 8 heteroatoms. The van der Waals surface area contributed by atoms with E-state index in [0.29, 0.717) is 42.5 Å². The molecular formula is C22H24ClN5O2. The molecule has 1 aliphatic rings. The second kappa shape index (κ2) is 9.71. The van der Waals surface area contributed by atoms with E-state index >= 15 is 0 Å². The Bertz CT molecular complexity index is 983. The van der Waals surface area contributed by atoms with Gasteiger partial charge in [0, 0.05) is 49.3 Å². The molecule has 0 bridgehead atoms. The van der Waals surface area contributed by atoms with Crippen molar-refractivity contribution in [3.63, 3.8) is 0 Å². The average molecular weight is 426 g/mol. The van der Waals surface area contributed by atoms with Crippen LogP contribution in [0.3, 0.4) is 0 Å². The van der Waals surface area contributed by atoms with Crippen LogP contribution in [0.2, 0.25) is 5.02 Å². The van der Waals surface area contributed by atoms with Gasteiger partial charge < -0.3 is 14.7 Å². The van der Waals surface area contributed by atoms with Crippen LogP contribution in [0.1, 0.15) is 37.1 Å². The van der Waals surface area contributed by atoms with E-state index in [-0.39, 0.29) is 5.91 Å². The quantitative estimate of drug-likeness (QED) is 0.586. The summed E-state index contributed by atoms with van der Waals surface area (Å²) in [6.45, 7) is 2.61. The van der Waals surface area contributed by atoms with Gasteiger partial charge in [0.05, 0.1) is 0 Å². The summed E-state index contributed by atoms with van der Waals surface area (Å²) >= 11 is 5.90. The van der Waals surface area contributed by atoms with Crippen LogP contribution in [0.5, 0.6) is 0 Å². The van der Waals surface area contributed by atoms with Crippen LogP contribution in [0.4, 0.5) is 5.82 Å². The zero-order valence-electron chi connectivity index (χ0n) is 16.7. The monoisotopic (exact) mass is 425 g/mol. The van der Waals surface area contributed by atoms with Crippen molar-refractivity contribution in [1.82, 2.24) is 20.4 Å². The smallest absolute Gasteiger partial charge is 0.226 e. The highest BCUT2D eigenvalue weighted by atomic mass is 35.5. The summed E-state index contributed by atoms with van der Waals surface area (Å²) < 4.78 is 5.28. The number of nitrogens with one attached hydrogen (secondary N) is 1. The maximum absolute atomic E-state index is 12.2. The molecule has 30 heavy (non-hydrogen) atoms. The molecule has 0 atom stereocenters. The van der Waals surface area contributed by atoms with Crippen LogP contribution in [0.15, 0.2) is 47.1 Å². The minimum atomic E-state index is 0.00646. The van der Waals surface area contributed by atoms with E-state index in [4.69, 9.17) is 16.1 Å². The van der Waals surface area contributed by atoms with E-state index in [2.05, 4.69) is 31.4 Å². The second-order valence-electron chi connectivity index (χ2n) is 7.37. The van der Waals surface area contributed by atoms with Crippen molar-refractivity contribution in [2.45, 2.75) is 38.6 Å². The van der Waals surface area contributed by atoms with Gasteiger partial charge in [-0.3, -0.25) is 4.79 Å². The van der Waals surface area contributed by atoms with E-state index in [9.17, 15) is 4.79 Å². The molecule has 1 saturated heterocycles. The molecule has 0 unspecified atom stereocenters. The van der Waals surface area contributed by atoms with Crippen molar-refractivity contribution < 1.29 is 9.32 Å². The van der Waals surface area contributed by atoms with Crippen molar-refractivity contribution >= 4 is 23.3 Å². The zero-order valence-corrected chi connectivity index (χ0v) is 17.4. The molecule has 1 aliphatic heterocycles. The Hall–Kier alpha value is -2.93. The molecule has 1 N–H and O–H groups in total. The van der Waals surface area contributed by atoms with E-state index in [0.717, 1.165) is 30.0 Å². The van der Waals surface area contributed by atoms with Gasteiger partial charge >= 0.3 is 0 Å². The predicted octanol–water partition coefficient (Wildman–Crippen LogP) is 4.02. The molecule has 0 spiro atoms. The number of hydrogen-bond acceptors (Lipinski definition) is 6. The molecule has 0 radical (unpaired) electrons. The summed E-state index contributed by atoms with van der Waals surface area (Å²) in [7, 11) is 0. The number of amides is 1. The number of aryl methyl sites for hydroxylation is 1. The number of anilines is 1. The summed E-state index contributed by atoms with van der Waals surface area (Å²) in [6, 6.07) is 11.3. The summed E-state index contributed by atoms with van der Waals surface area (Å²) in [5.41, 5.74) is 1.91. The van der Waals surface area contributed by atoms with Crippen LogP contribution in [0.25, 0.3) is 11.4 Å². The third kappa shape index (κ3) is 5.36. The van der Waals surface area contributed by atoms with Crippen molar-refractivity contribution in [2.24, 2.45) is 0 Å². The fraction of sp³-hybridized carbons (Fsp3) is 0.364. The third-order valence-corrected chi connectivity index (χ3v) is 5.35. The number of pyridine rings is 1. The topological polar surface area (TPSA) is 84.1 Å². The Balaban J connectivity index is 1.21. The number of nitrogens with zero attached hydrogens (tertiary/aromatic N) is 4. The van der Waals surface area contributed by atoms with Gasteiger partial charge in [0.15, 0.2) is 0 Å². The molecule has 2 aromatic heterocycles. The summed E-state index contributed by atoms with van der Waals surface area (Å²) in [6.07, 6.45) is 5.84. The average Bonchev–Trinajstić information content (AvgIpc) is 3.46. The van der Waals surface area contributed by atoms with Crippen molar-refractivity contribution in [3.05, 3.63) is 59.1 Å². The molecule has 0 saturated carbocycles. The van der Waals surface area contributed by atoms with Gasteiger partial charge in [-0.25, -0.2) is 4.98 Å². The Kier molecular flexibility index (Phi) is 6.59. The Labute approximate surface area is 180 Å². The molecular weight excluding hydrogens is 402 g/mol. The highest BCUT2D eigenvalue weighted by Gasteiger charge is 2.14. The van der Waals surface area contributed by atoms with Crippen molar-refractivity contribution in [1.29, 1.82) is 0 Å². The van der Waals surface area contributed by atoms with Crippen molar-refractivity contribution in [2.75, 3.05) is 18.0 Å². The molecule has 1 fully saturated rings. The predicted molar refractivity (Wildman–Crippen MR) is 115 cm³/mol. The first kappa shape index (κ1) is 20.3. The largest absolute Gasteiger partial charge is 0.357 e. The second-order valence-corrected chi connectivity index (χ2v) is 7.80. The highest BCUT2D eigenvalue weighted by Crippen LogP contribution is 2.20. The fourth-order valence-electron chi connectivity index (χ4n) is 3.45. The Morgan fingerprint density at radius 2 is 1.97 bits per heavy atom. The van der Waals surface area contributed by atoms with Crippen LogP contribution in [-0.2, 0) is 17.8 Å². The lowest BCUT2D eigenvalue weighted by Crippen LogP contribution is -2.23. The van der Waals surface area contributed by atoms with Crippen molar-refractivity contribution in [3.8, 4) is 11.4 Å². The first-order chi connectivity index (χ1) is 14.7. The van der Waals surface area contributed by atoms with E-state index in [1.807, 2.05) is 24.4 Å². The maximum Gasteiger partial charge on any atom is 0.226 e. The number of carbonyl (C=O) groups is 1. The lowest BCUT2D eigenvalue weighted by molar-refractivity contribution is -0.121. The zero-order chi connectivity index (χ0) is 20.8. The van der Waals surface area contributed by atoms with Crippen LogP contribution in [-0.4, -0.2) is 34.1 Å². The molecule has 7 nitrogen and oxygen atoms in total. The van der Waals surface area contributed by atoms with E-state index in [1.165, 1.54) is 12.8 Å². The molecule has 4 rings (SSSR count). The molecule has 3 heterocycles. The lowest BCUT2D eigenvalue weighted by Gasteiger charge is -2.17. The normalized spacial score (nSPS) is 13.6.